The van der Waals surface area contributed by atoms with E-state index in [1.807, 2.05) is 32.9 Å². The predicted octanol–water partition coefficient (Wildman–Crippen LogP) is 3.59. The number of aromatic nitrogens is 2. The summed E-state index contributed by atoms with van der Waals surface area (Å²) in [4.78, 5) is 10.2. The molecule has 2 aromatic rings. The minimum Gasteiger partial charge on any atom is -0.346 e. The largest absolute Gasteiger partial charge is 0.346 e. The SMILES string of the molecule is CCCSc1cc2nc(C(C)(C)C)n(S(C)(=O)=O)c2cc1NC(=S)N1CCN(C)CC1. The number of thiocarbonyl (C=S) groups is 1. The lowest BCUT2D eigenvalue weighted by Gasteiger charge is -2.34. The smallest absolute Gasteiger partial charge is 0.237 e. The van der Waals surface area contributed by atoms with Crippen molar-refractivity contribution in [3.63, 3.8) is 0 Å². The Hall–Kier alpha value is -1.36. The Morgan fingerprint density at radius 3 is 2.42 bits per heavy atom. The molecule has 0 radical (unpaired) electrons. The molecule has 1 N–H and O–H groups in total. The number of rotatable bonds is 5. The molecule has 0 atom stereocenters. The van der Waals surface area contributed by atoms with Crippen LogP contribution in [-0.2, 0) is 15.4 Å². The van der Waals surface area contributed by atoms with E-state index in [0.717, 1.165) is 48.9 Å². The summed E-state index contributed by atoms with van der Waals surface area (Å²) in [6.07, 6.45) is 2.27. The number of benzene rings is 1. The van der Waals surface area contributed by atoms with Crippen LogP contribution in [0.3, 0.4) is 0 Å². The van der Waals surface area contributed by atoms with Crippen molar-refractivity contribution in [3.05, 3.63) is 18.0 Å². The lowest BCUT2D eigenvalue weighted by Crippen LogP contribution is -2.48. The average molecular weight is 484 g/mol. The van der Waals surface area contributed by atoms with Gasteiger partial charge in [0.2, 0.25) is 10.0 Å². The van der Waals surface area contributed by atoms with Crippen LogP contribution in [0.15, 0.2) is 17.0 Å². The lowest BCUT2D eigenvalue weighted by atomic mass is 9.96. The molecule has 0 bridgehead atoms. The molecule has 0 spiro atoms. The lowest BCUT2D eigenvalue weighted by molar-refractivity contribution is 0.217. The summed E-state index contributed by atoms with van der Waals surface area (Å²) in [7, 11) is -1.42. The molecular formula is C21H33N5O2S3. The molecule has 1 aliphatic heterocycles. The van der Waals surface area contributed by atoms with Crippen LogP contribution in [0.25, 0.3) is 11.0 Å². The summed E-state index contributed by atoms with van der Waals surface area (Å²) in [5.74, 6) is 1.50. The van der Waals surface area contributed by atoms with E-state index in [9.17, 15) is 8.42 Å². The Balaban J connectivity index is 2.09. The van der Waals surface area contributed by atoms with E-state index in [2.05, 4.69) is 29.1 Å². The second kappa shape index (κ2) is 9.25. The Morgan fingerprint density at radius 1 is 1.23 bits per heavy atom. The van der Waals surface area contributed by atoms with Crippen molar-refractivity contribution < 1.29 is 8.42 Å². The van der Waals surface area contributed by atoms with E-state index in [1.165, 1.54) is 10.2 Å². The number of fused-ring (bicyclic) bond motifs is 1. The molecule has 1 aliphatic rings. The molecule has 0 aliphatic carbocycles. The van der Waals surface area contributed by atoms with Gasteiger partial charge in [-0.2, -0.15) is 0 Å². The van der Waals surface area contributed by atoms with Crippen molar-refractivity contribution in [2.75, 3.05) is 50.6 Å². The fourth-order valence-electron chi connectivity index (χ4n) is 3.52. The molecule has 0 unspecified atom stereocenters. The number of thioether (sulfide) groups is 1. The quantitative estimate of drug-likeness (QED) is 0.511. The maximum Gasteiger partial charge on any atom is 0.237 e. The van der Waals surface area contributed by atoms with Crippen molar-refractivity contribution in [2.24, 2.45) is 0 Å². The first-order valence-electron chi connectivity index (χ1n) is 10.6. The number of nitrogens with one attached hydrogen (secondary N) is 1. The van der Waals surface area contributed by atoms with Crippen molar-refractivity contribution >= 4 is 55.8 Å². The molecule has 1 aromatic heterocycles. The average Bonchev–Trinajstić information content (AvgIpc) is 3.05. The summed E-state index contributed by atoms with van der Waals surface area (Å²) in [5.41, 5.74) is 1.68. The van der Waals surface area contributed by atoms with Crippen molar-refractivity contribution in [1.29, 1.82) is 0 Å². The van der Waals surface area contributed by atoms with E-state index in [0.29, 0.717) is 22.0 Å². The molecule has 172 valence electrons. The van der Waals surface area contributed by atoms with Crippen LogP contribution < -0.4 is 5.32 Å². The van der Waals surface area contributed by atoms with Gasteiger partial charge in [-0.3, -0.25) is 0 Å². The van der Waals surface area contributed by atoms with Gasteiger partial charge in [0.05, 0.1) is 23.0 Å². The van der Waals surface area contributed by atoms with Crippen LogP contribution >= 0.6 is 24.0 Å². The van der Waals surface area contributed by atoms with Gasteiger partial charge in [0, 0.05) is 36.5 Å². The molecular weight excluding hydrogens is 450 g/mol. The van der Waals surface area contributed by atoms with E-state index >= 15 is 0 Å². The molecule has 0 saturated carbocycles. The van der Waals surface area contributed by atoms with Gasteiger partial charge in [-0.25, -0.2) is 17.4 Å². The number of imidazole rings is 1. The minimum absolute atomic E-state index is 0.415. The van der Waals surface area contributed by atoms with E-state index < -0.39 is 15.4 Å². The zero-order valence-corrected chi connectivity index (χ0v) is 21.7. The normalized spacial score (nSPS) is 16.1. The van der Waals surface area contributed by atoms with Crippen molar-refractivity contribution in [1.82, 2.24) is 18.8 Å². The number of likely N-dealkylation sites (N-methyl/N-ethyl adjacent to an activating group) is 1. The molecule has 3 rings (SSSR count). The molecule has 0 amide bonds. The fourth-order valence-corrected chi connectivity index (χ4v) is 5.83. The van der Waals surface area contributed by atoms with Gasteiger partial charge in [0.1, 0.15) is 5.82 Å². The fraction of sp³-hybridized carbons (Fsp3) is 0.619. The van der Waals surface area contributed by atoms with Crippen LogP contribution in [0, 0.1) is 0 Å². The predicted molar refractivity (Wildman–Crippen MR) is 135 cm³/mol. The number of anilines is 1. The van der Waals surface area contributed by atoms with E-state index in [4.69, 9.17) is 17.2 Å². The minimum atomic E-state index is -3.53. The Bertz CT molecular complexity index is 1060. The van der Waals surface area contributed by atoms with Crippen LogP contribution in [0.4, 0.5) is 5.69 Å². The third kappa shape index (κ3) is 5.53. The van der Waals surface area contributed by atoms with Crippen LogP contribution in [0.2, 0.25) is 0 Å². The summed E-state index contributed by atoms with van der Waals surface area (Å²) in [6.45, 7) is 11.7. The highest BCUT2D eigenvalue weighted by Gasteiger charge is 2.28. The molecule has 10 heteroatoms. The maximum absolute atomic E-state index is 12.7. The highest BCUT2D eigenvalue weighted by Crippen LogP contribution is 2.35. The third-order valence-corrected chi connectivity index (χ3v) is 7.86. The molecule has 2 heterocycles. The Morgan fingerprint density at radius 2 is 1.87 bits per heavy atom. The second-order valence-corrected chi connectivity index (χ2v) is 12.5. The standard InChI is InChI=1S/C21H33N5O2S3/c1-7-12-30-18-14-15-17(26(31(6,27)28)19(22-15)21(2,3)4)13-16(18)23-20(29)25-10-8-24(5)9-11-25/h13-14H,7-12H2,1-6H3,(H,23,29). The zero-order chi connectivity index (χ0) is 23.0. The highest BCUT2D eigenvalue weighted by molar-refractivity contribution is 7.99. The third-order valence-electron chi connectivity index (χ3n) is 5.21. The van der Waals surface area contributed by atoms with Gasteiger partial charge in [-0.15, -0.1) is 11.8 Å². The van der Waals surface area contributed by atoms with Crippen molar-refractivity contribution in [3.8, 4) is 0 Å². The number of hydrogen-bond donors (Lipinski definition) is 1. The van der Waals surface area contributed by atoms with Crippen LogP contribution in [0.1, 0.15) is 39.9 Å². The second-order valence-electron chi connectivity index (χ2n) is 9.12. The number of piperazine rings is 1. The Labute approximate surface area is 195 Å². The Kier molecular flexibility index (Phi) is 7.25. The molecule has 1 aromatic carbocycles. The van der Waals surface area contributed by atoms with Crippen LogP contribution in [0.5, 0.6) is 0 Å². The summed E-state index contributed by atoms with van der Waals surface area (Å²) in [5, 5.41) is 4.08. The number of hydrogen-bond acceptors (Lipinski definition) is 6. The topological polar surface area (TPSA) is 70.5 Å². The van der Waals surface area contributed by atoms with Gasteiger partial charge in [0.25, 0.3) is 0 Å². The van der Waals surface area contributed by atoms with Crippen LogP contribution in [-0.4, -0.2) is 77.5 Å². The van der Waals surface area contributed by atoms with E-state index in [1.54, 1.807) is 11.8 Å². The van der Waals surface area contributed by atoms with Crippen molar-refractivity contribution in [2.45, 2.75) is 44.4 Å². The number of nitrogens with zero attached hydrogens (tertiary/aromatic N) is 4. The van der Waals surface area contributed by atoms with Gasteiger partial charge in [-0.1, -0.05) is 27.7 Å². The van der Waals surface area contributed by atoms with E-state index in [-0.39, 0.29) is 0 Å². The summed E-state index contributed by atoms with van der Waals surface area (Å²) in [6, 6.07) is 3.88. The maximum atomic E-state index is 12.7. The zero-order valence-electron chi connectivity index (χ0n) is 19.2. The highest BCUT2D eigenvalue weighted by atomic mass is 32.2. The summed E-state index contributed by atoms with van der Waals surface area (Å²) < 4.78 is 26.8. The van der Waals surface area contributed by atoms with Gasteiger partial charge in [0.15, 0.2) is 5.11 Å². The van der Waals surface area contributed by atoms with Gasteiger partial charge < -0.3 is 15.1 Å². The molecule has 1 fully saturated rings. The first-order valence-corrected chi connectivity index (χ1v) is 13.8. The van der Waals surface area contributed by atoms with Gasteiger partial charge >= 0.3 is 0 Å². The first-order chi connectivity index (χ1) is 14.4. The molecule has 1 saturated heterocycles. The molecule has 31 heavy (non-hydrogen) atoms. The molecule has 7 nitrogen and oxygen atoms in total. The monoisotopic (exact) mass is 483 g/mol. The first kappa shape index (κ1) is 24.3. The van der Waals surface area contributed by atoms with Gasteiger partial charge in [-0.05, 0) is 43.6 Å². The summed E-state index contributed by atoms with van der Waals surface area (Å²) >= 11 is 7.44.